The van der Waals surface area contributed by atoms with E-state index in [0.717, 1.165) is 12.8 Å². The fourth-order valence-corrected chi connectivity index (χ4v) is 1.04. The molecule has 1 aliphatic carbocycles. The molecular formula is C5H12N2O. The Labute approximate surface area is 48.7 Å². The molecule has 0 aliphatic heterocycles. The maximum absolute atomic E-state index is 9.12. The largest absolute Gasteiger partial charge is 0.374 e. The summed E-state index contributed by atoms with van der Waals surface area (Å²) in [4.78, 5) is 0. The fraction of sp³-hybridized carbons (Fsp3) is 1.00. The van der Waals surface area contributed by atoms with Gasteiger partial charge in [-0.25, -0.2) is 0 Å². The van der Waals surface area contributed by atoms with Crippen LogP contribution in [0.25, 0.3) is 0 Å². The van der Waals surface area contributed by atoms with E-state index in [1.54, 1.807) is 0 Å². The monoisotopic (exact) mass is 116 g/mol. The van der Waals surface area contributed by atoms with Crippen LogP contribution in [0.3, 0.4) is 0 Å². The van der Waals surface area contributed by atoms with Crippen LogP contribution in [0.2, 0.25) is 0 Å². The van der Waals surface area contributed by atoms with E-state index in [4.69, 9.17) is 16.6 Å². The lowest BCUT2D eigenvalue weighted by atomic mass is 10.1. The molecule has 1 fully saturated rings. The van der Waals surface area contributed by atoms with Gasteiger partial charge in [-0.1, -0.05) is 0 Å². The lowest BCUT2D eigenvalue weighted by Gasteiger charge is -2.20. The maximum atomic E-state index is 9.12. The summed E-state index contributed by atoms with van der Waals surface area (Å²) in [7, 11) is 0. The van der Waals surface area contributed by atoms with Gasteiger partial charge in [0.2, 0.25) is 0 Å². The summed E-state index contributed by atoms with van der Waals surface area (Å²) in [6.07, 6.45) is 2.45. The van der Waals surface area contributed by atoms with Gasteiger partial charge in [0.15, 0.2) is 0 Å². The van der Waals surface area contributed by atoms with E-state index in [0.29, 0.717) is 6.42 Å². The first kappa shape index (κ1) is 6.01. The second-order valence-corrected chi connectivity index (χ2v) is 2.49. The van der Waals surface area contributed by atoms with Crippen molar-refractivity contribution in [3.63, 3.8) is 0 Å². The second-order valence-electron chi connectivity index (χ2n) is 2.49. The summed E-state index contributed by atoms with van der Waals surface area (Å²) in [6, 6.07) is -0.206. The zero-order valence-corrected chi connectivity index (χ0v) is 4.80. The Kier molecular flexibility index (Phi) is 1.27. The molecule has 1 aliphatic rings. The standard InChI is InChI=1S/C5H12N2O/c6-4-2-1-3-5(4,7)8/h4,8H,1-3,6-7H2. The summed E-state index contributed by atoms with van der Waals surface area (Å²) in [6.45, 7) is 0. The zero-order valence-electron chi connectivity index (χ0n) is 4.80. The van der Waals surface area contributed by atoms with Crippen LogP contribution in [-0.2, 0) is 0 Å². The summed E-state index contributed by atoms with van der Waals surface area (Å²) in [5.74, 6) is 0. The van der Waals surface area contributed by atoms with E-state index in [1.165, 1.54) is 0 Å². The normalized spacial score (nSPS) is 47.6. The molecule has 2 unspecified atom stereocenters. The minimum Gasteiger partial charge on any atom is -0.374 e. The van der Waals surface area contributed by atoms with Gasteiger partial charge in [-0.05, 0) is 19.3 Å². The number of hydrogen-bond acceptors (Lipinski definition) is 3. The van der Waals surface area contributed by atoms with E-state index in [-0.39, 0.29) is 6.04 Å². The van der Waals surface area contributed by atoms with Crippen molar-refractivity contribution in [2.75, 3.05) is 0 Å². The Balaban J connectivity index is 2.54. The van der Waals surface area contributed by atoms with E-state index in [2.05, 4.69) is 0 Å². The predicted octanol–water partition coefficient (Wildman–Crippen LogP) is -0.855. The molecule has 8 heavy (non-hydrogen) atoms. The molecule has 0 aromatic carbocycles. The summed E-state index contributed by atoms with van der Waals surface area (Å²) in [5, 5.41) is 9.12. The van der Waals surface area contributed by atoms with Crippen LogP contribution >= 0.6 is 0 Å². The van der Waals surface area contributed by atoms with Gasteiger partial charge in [0.25, 0.3) is 0 Å². The van der Waals surface area contributed by atoms with E-state index in [1.807, 2.05) is 0 Å². The molecule has 1 saturated carbocycles. The van der Waals surface area contributed by atoms with Gasteiger partial charge in [-0.15, -0.1) is 0 Å². The van der Waals surface area contributed by atoms with Crippen molar-refractivity contribution in [2.45, 2.75) is 31.0 Å². The molecule has 0 aromatic heterocycles. The van der Waals surface area contributed by atoms with Crippen molar-refractivity contribution in [1.29, 1.82) is 0 Å². The van der Waals surface area contributed by atoms with E-state index in [9.17, 15) is 0 Å². The van der Waals surface area contributed by atoms with Crippen LogP contribution in [0.15, 0.2) is 0 Å². The molecule has 48 valence electrons. The highest BCUT2D eigenvalue weighted by Crippen LogP contribution is 2.22. The minimum absolute atomic E-state index is 0.206. The van der Waals surface area contributed by atoms with Crippen molar-refractivity contribution in [3.05, 3.63) is 0 Å². The average molecular weight is 116 g/mol. The van der Waals surface area contributed by atoms with Crippen molar-refractivity contribution in [1.82, 2.24) is 0 Å². The van der Waals surface area contributed by atoms with Crippen molar-refractivity contribution < 1.29 is 5.11 Å². The molecule has 2 atom stereocenters. The van der Waals surface area contributed by atoms with E-state index < -0.39 is 5.72 Å². The molecule has 0 spiro atoms. The predicted molar refractivity (Wildman–Crippen MR) is 31.0 cm³/mol. The molecule has 1 rings (SSSR count). The summed E-state index contributed by atoms with van der Waals surface area (Å²) < 4.78 is 0. The Morgan fingerprint density at radius 1 is 1.62 bits per heavy atom. The van der Waals surface area contributed by atoms with Crippen LogP contribution in [0.4, 0.5) is 0 Å². The zero-order chi connectivity index (χ0) is 6.20. The van der Waals surface area contributed by atoms with Crippen LogP contribution in [0, 0.1) is 0 Å². The fourth-order valence-electron chi connectivity index (χ4n) is 1.04. The minimum atomic E-state index is -1.07. The Bertz CT molecular complexity index is 92.4. The van der Waals surface area contributed by atoms with Gasteiger partial charge >= 0.3 is 0 Å². The second kappa shape index (κ2) is 1.69. The van der Waals surface area contributed by atoms with Gasteiger partial charge in [-0.2, -0.15) is 0 Å². The quantitative estimate of drug-likeness (QED) is 0.361. The third-order valence-electron chi connectivity index (χ3n) is 1.73. The highest BCUT2D eigenvalue weighted by molar-refractivity contribution is 4.89. The first-order valence-electron chi connectivity index (χ1n) is 2.90. The van der Waals surface area contributed by atoms with Crippen molar-refractivity contribution >= 4 is 0 Å². The Morgan fingerprint density at radius 2 is 2.25 bits per heavy atom. The Morgan fingerprint density at radius 3 is 2.38 bits per heavy atom. The van der Waals surface area contributed by atoms with Crippen molar-refractivity contribution in [3.8, 4) is 0 Å². The SMILES string of the molecule is NC1CCCC1(N)O. The van der Waals surface area contributed by atoms with Crippen LogP contribution in [0.1, 0.15) is 19.3 Å². The highest BCUT2D eigenvalue weighted by atomic mass is 16.3. The van der Waals surface area contributed by atoms with Gasteiger partial charge in [0.05, 0.1) is 0 Å². The molecule has 0 heterocycles. The van der Waals surface area contributed by atoms with Crippen LogP contribution in [-0.4, -0.2) is 16.9 Å². The first-order chi connectivity index (χ1) is 3.63. The molecule has 0 aromatic rings. The molecule has 0 bridgehead atoms. The van der Waals surface area contributed by atoms with Gasteiger partial charge in [-0.3, -0.25) is 0 Å². The third kappa shape index (κ3) is 0.844. The van der Waals surface area contributed by atoms with Gasteiger partial charge < -0.3 is 16.6 Å². The summed E-state index contributed by atoms with van der Waals surface area (Å²) in [5.41, 5.74) is 9.72. The third-order valence-corrected chi connectivity index (χ3v) is 1.73. The van der Waals surface area contributed by atoms with Crippen LogP contribution < -0.4 is 11.5 Å². The number of hydrogen-bond donors (Lipinski definition) is 3. The maximum Gasteiger partial charge on any atom is 0.128 e. The molecule has 0 saturated heterocycles. The van der Waals surface area contributed by atoms with Crippen molar-refractivity contribution in [2.24, 2.45) is 11.5 Å². The lowest BCUT2D eigenvalue weighted by molar-refractivity contribution is 0.0389. The number of rotatable bonds is 0. The summed E-state index contributed by atoms with van der Waals surface area (Å²) >= 11 is 0. The molecule has 3 heteroatoms. The van der Waals surface area contributed by atoms with Crippen LogP contribution in [0.5, 0.6) is 0 Å². The molecule has 0 amide bonds. The lowest BCUT2D eigenvalue weighted by Crippen LogP contribution is -2.51. The topological polar surface area (TPSA) is 72.3 Å². The number of nitrogens with two attached hydrogens (primary N) is 2. The average Bonchev–Trinajstić information content (AvgIpc) is 1.86. The first-order valence-corrected chi connectivity index (χ1v) is 2.90. The number of aliphatic hydroxyl groups is 1. The van der Waals surface area contributed by atoms with Gasteiger partial charge in [0.1, 0.15) is 5.72 Å². The van der Waals surface area contributed by atoms with E-state index >= 15 is 0 Å². The molecule has 3 nitrogen and oxygen atoms in total. The van der Waals surface area contributed by atoms with Gasteiger partial charge in [0, 0.05) is 6.04 Å². The molecular weight excluding hydrogens is 104 g/mol. The smallest absolute Gasteiger partial charge is 0.128 e. The molecule has 5 N–H and O–H groups in total. The Hall–Kier alpha value is -0.120. The highest BCUT2D eigenvalue weighted by Gasteiger charge is 2.34. The molecule has 0 radical (unpaired) electrons.